The number of carbonyl (C=O) groups is 1. The highest BCUT2D eigenvalue weighted by Gasteiger charge is 2.26. The lowest BCUT2D eigenvalue weighted by Crippen LogP contribution is -2.23. The predicted octanol–water partition coefficient (Wildman–Crippen LogP) is 4.32. The largest absolute Gasteiger partial charge is 0.342 e. The van der Waals surface area contributed by atoms with E-state index in [1.807, 2.05) is 17.2 Å². The van der Waals surface area contributed by atoms with Gasteiger partial charge >= 0.3 is 0 Å². The van der Waals surface area contributed by atoms with Crippen molar-refractivity contribution in [3.63, 3.8) is 0 Å². The quantitative estimate of drug-likeness (QED) is 0.663. The first-order valence-electron chi connectivity index (χ1n) is 9.13. The van der Waals surface area contributed by atoms with Gasteiger partial charge in [-0.1, -0.05) is 6.92 Å². The monoisotopic (exact) mass is 384 g/mol. The van der Waals surface area contributed by atoms with Crippen LogP contribution in [-0.4, -0.2) is 32.0 Å². The zero-order valence-corrected chi connectivity index (χ0v) is 16.1. The van der Waals surface area contributed by atoms with Crippen molar-refractivity contribution in [3.8, 4) is 0 Å². The molecule has 3 aromatic heterocycles. The fourth-order valence-corrected chi connectivity index (χ4v) is 3.56. The second-order valence-corrected chi connectivity index (χ2v) is 7.09. The summed E-state index contributed by atoms with van der Waals surface area (Å²) < 4.78 is 2.22. The lowest BCUT2D eigenvalue weighted by molar-refractivity contribution is -0.117. The number of nitrogens with one attached hydrogen (secondary N) is 1. The van der Waals surface area contributed by atoms with Crippen molar-refractivity contribution < 1.29 is 4.79 Å². The standard InChI is InChI=1S/C19H21ClN6O/c1-3-12(2)26-11-15(25-8-4-5-18(25)27)13-10-22-17(9-14(13)26)23-16-6-7-21-19(20)24-16/h6-7,9-12H,3-5,8H2,1-2H3,(H,21,22,23,24). The van der Waals surface area contributed by atoms with E-state index >= 15 is 0 Å². The number of anilines is 3. The molecule has 0 bridgehead atoms. The van der Waals surface area contributed by atoms with E-state index in [1.54, 1.807) is 12.3 Å². The van der Waals surface area contributed by atoms with Crippen LogP contribution in [0.2, 0.25) is 5.28 Å². The molecule has 27 heavy (non-hydrogen) atoms. The van der Waals surface area contributed by atoms with Crippen LogP contribution in [0.15, 0.2) is 30.7 Å². The average molecular weight is 385 g/mol. The van der Waals surface area contributed by atoms with Crippen LogP contribution < -0.4 is 10.2 Å². The Morgan fingerprint density at radius 1 is 1.33 bits per heavy atom. The molecule has 0 saturated carbocycles. The maximum Gasteiger partial charge on any atom is 0.227 e. The number of hydrogen-bond donors (Lipinski definition) is 1. The fraction of sp³-hybridized carbons (Fsp3) is 0.368. The summed E-state index contributed by atoms with van der Waals surface area (Å²) in [6.07, 6.45) is 7.99. The number of halogens is 1. The second-order valence-electron chi connectivity index (χ2n) is 6.75. The first-order valence-corrected chi connectivity index (χ1v) is 9.51. The van der Waals surface area contributed by atoms with Gasteiger partial charge in [-0.15, -0.1) is 0 Å². The molecule has 1 atom stereocenters. The van der Waals surface area contributed by atoms with Crippen molar-refractivity contribution in [1.29, 1.82) is 0 Å². The van der Waals surface area contributed by atoms with E-state index in [-0.39, 0.29) is 11.2 Å². The van der Waals surface area contributed by atoms with E-state index in [4.69, 9.17) is 11.6 Å². The molecule has 1 amide bonds. The van der Waals surface area contributed by atoms with Crippen molar-refractivity contribution in [1.82, 2.24) is 19.5 Å². The molecule has 4 rings (SSSR count). The van der Waals surface area contributed by atoms with E-state index < -0.39 is 0 Å². The number of nitrogens with zero attached hydrogens (tertiary/aromatic N) is 5. The van der Waals surface area contributed by atoms with Crippen molar-refractivity contribution in [2.24, 2.45) is 0 Å². The van der Waals surface area contributed by atoms with Crippen molar-refractivity contribution in [2.75, 3.05) is 16.8 Å². The highest BCUT2D eigenvalue weighted by molar-refractivity contribution is 6.28. The van der Waals surface area contributed by atoms with Crippen LogP contribution in [0.5, 0.6) is 0 Å². The third kappa shape index (κ3) is 3.35. The molecule has 1 aliphatic rings. The Bertz CT molecular complexity index is 1000. The van der Waals surface area contributed by atoms with Gasteiger partial charge in [-0.2, -0.15) is 0 Å². The Kier molecular flexibility index (Phi) is 4.70. The van der Waals surface area contributed by atoms with Gasteiger partial charge in [-0.25, -0.2) is 15.0 Å². The smallest absolute Gasteiger partial charge is 0.227 e. The van der Waals surface area contributed by atoms with Gasteiger partial charge in [0.1, 0.15) is 11.6 Å². The zero-order chi connectivity index (χ0) is 19.0. The van der Waals surface area contributed by atoms with E-state index in [1.165, 1.54) is 0 Å². The minimum Gasteiger partial charge on any atom is -0.342 e. The van der Waals surface area contributed by atoms with E-state index in [0.29, 0.717) is 24.1 Å². The summed E-state index contributed by atoms with van der Waals surface area (Å²) in [4.78, 5) is 26.7. The van der Waals surface area contributed by atoms with Crippen LogP contribution in [0, 0.1) is 0 Å². The number of pyridine rings is 1. The van der Waals surface area contributed by atoms with Crippen LogP contribution >= 0.6 is 11.6 Å². The second kappa shape index (κ2) is 7.15. The molecule has 1 aliphatic heterocycles. The topological polar surface area (TPSA) is 75.9 Å². The van der Waals surface area contributed by atoms with Crippen LogP contribution in [0.3, 0.4) is 0 Å². The van der Waals surface area contributed by atoms with Gasteiger partial charge in [-0.05, 0) is 37.4 Å². The molecule has 1 N–H and O–H groups in total. The molecule has 8 heteroatoms. The Morgan fingerprint density at radius 3 is 2.89 bits per heavy atom. The first-order chi connectivity index (χ1) is 13.1. The Labute approximate surface area is 162 Å². The molecule has 0 aliphatic carbocycles. The highest BCUT2D eigenvalue weighted by Crippen LogP contribution is 2.35. The minimum atomic E-state index is 0.177. The molecule has 1 fully saturated rings. The minimum absolute atomic E-state index is 0.177. The molecule has 0 aromatic carbocycles. The zero-order valence-electron chi connectivity index (χ0n) is 15.3. The maximum atomic E-state index is 12.3. The summed E-state index contributed by atoms with van der Waals surface area (Å²) in [5.74, 6) is 1.42. The van der Waals surface area contributed by atoms with Crippen LogP contribution in [0.1, 0.15) is 39.2 Å². The summed E-state index contributed by atoms with van der Waals surface area (Å²) in [5.41, 5.74) is 1.98. The normalized spacial score (nSPS) is 15.5. The molecule has 7 nitrogen and oxygen atoms in total. The molecule has 140 valence electrons. The van der Waals surface area contributed by atoms with Gasteiger partial charge in [0.15, 0.2) is 0 Å². The number of fused-ring (bicyclic) bond motifs is 1. The van der Waals surface area contributed by atoms with E-state index in [2.05, 4.69) is 44.9 Å². The van der Waals surface area contributed by atoms with Gasteiger partial charge in [0.25, 0.3) is 0 Å². The average Bonchev–Trinajstić information content (AvgIpc) is 3.24. The van der Waals surface area contributed by atoms with Crippen molar-refractivity contribution in [2.45, 2.75) is 39.2 Å². The number of rotatable bonds is 5. The first kappa shape index (κ1) is 17.7. The molecule has 4 heterocycles. The van der Waals surface area contributed by atoms with Crippen LogP contribution in [0.25, 0.3) is 10.9 Å². The number of aromatic nitrogens is 4. The van der Waals surface area contributed by atoms with Gasteiger partial charge in [0.05, 0.1) is 11.2 Å². The van der Waals surface area contributed by atoms with Crippen LogP contribution in [-0.2, 0) is 4.79 Å². The van der Waals surface area contributed by atoms with Crippen molar-refractivity contribution in [3.05, 3.63) is 36.0 Å². The van der Waals surface area contributed by atoms with E-state index in [0.717, 1.165) is 36.0 Å². The predicted molar refractivity (Wildman–Crippen MR) is 107 cm³/mol. The highest BCUT2D eigenvalue weighted by atomic mass is 35.5. The Balaban J connectivity index is 1.78. The van der Waals surface area contributed by atoms with Gasteiger partial charge in [0.2, 0.25) is 11.2 Å². The van der Waals surface area contributed by atoms with Gasteiger partial charge in [0, 0.05) is 49.1 Å². The third-order valence-electron chi connectivity index (χ3n) is 5.01. The summed E-state index contributed by atoms with van der Waals surface area (Å²) in [5, 5.41) is 4.33. The number of carbonyl (C=O) groups excluding carboxylic acids is 1. The third-order valence-corrected chi connectivity index (χ3v) is 5.19. The molecule has 3 aromatic rings. The molecule has 0 radical (unpaired) electrons. The molecular formula is C19H21ClN6O. The van der Waals surface area contributed by atoms with Crippen LogP contribution in [0.4, 0.5) is 17.3 Å². The van der Waals surface area contributed by atoms with Gasteiger partial charge in [-0.3, -0.25) is 4.79 Å². The summed E-state index contributed by atoms with van der Waals surface area (Å²) >= 11 is 5.86. The molecule has 0 spiro atoms. The number of amides is 1. The lowest BCUT2D eigenvalue weighted by atomic mass is 10.2. The maximum absolute atomic E-state index is 12.3. The lowest BCUT2D eigenvalue weighted by Gasteiger charge is -2.14. The Hall–Kier alpha value is -2.67. The summed E-state index contributed by atoms with van der Waals surface area (Å²) in [6, 6.07) is 4.03. The number of hydrogen-bond acceptors (Lipinski definition) is 5. The van der Waals surface area contributed by atoms with E-state index in [9.17, 15) is 4.79 Å². The summed E-state index contributed by atoms with van der Waals surface area (Å²) in [6.45, 7) is 5.09. The SMILES string of the molecule is CCC(C)n1cc(N2CCCC2=O)c2cnc(Nc3ccnc(Cl)n3)cc21. The fourth-order valence-electron chi connectivity index (χ4n) is 3.41. The van der Waals surface area contributed by atoms with Crippen molar-refractivity contribution >= 4 is 45.7 Å². The summed E-state index contributed by atoms with van der Waals surface area (Å²) in [7, 11) is 0. The van der Waals surface area contributed by atoms with Gasteiger partial charge < -0.3 is 14.8 Å². The molecular weight excluding hydrogens is 364 g/mol. The molecule has 1 saturated heterocycles. The Morgan fingerprint density at radius 2 is 2.19 bits per heavy atom. The molecule has 1 unspecified atom stereocenters.